The number of sulfonamides is 1. The molecule has 0 aromatic carbocycles. The Kier molecular flexibility index (Phi) is 7.31. The van der Waals surface area contributed by atoms with Crippen LogP contribution in [0.1, 0.15) is 26.7 Å². The van der Waals surface area contributed by atoms with Gasteiger partial charge in [-0.3, -0.25) is 4.79 Å². The lowest BCUT2D eigenvalue weighted by atomic mass is 10.2. The third-order valence-corrected chi connectivity index (χ3v) is 5.71. The van der Waals surface area contributed by atoms with Crippen LogP contribution in [-0.4, -0.2) is 49.5 Å². The molecule has 0 fully saturated rings. The number of thioether (sulfide) groups is 1. The van der Waals surface area contributed by atoms with Crippen LogP contribution in [0.4, 0.5) is 0 Å². The second-order valence-electron chi connectivity index (χ2n) is 5.17. The van der Waals surface area contributed by atoms with E-state index in [0.717, 1.165) is 17.1 Å². The first-order chi connectivity index (χ1) is 10.3. The van der Waals surface area contributed by atoms with Crippen LogP contribution in [0.3, 0.4) is 0 Å². The molecule has 6 nitrogen and oxygen atoms in total. The predicted octanol–water partition coefficient (Wildman–Crippen LogP) is 1.73. The summed E-state index contributed by atoms with van der Waals surface area (Å²) < 4.78 is 25.0. The van der Waals surface area contributed by atoms with Gasteiger partial charge in [0.15, 0.2) is 0 Å². The molecule has 22 heavy (non-hydrogen) atoms. The van der Waals surface area contributed by atoms with Crippen molar-refractivity contribution in [1.29, 1.82) is 0 Å². The summed E-state index contributed by atoms with van der Waals surface area (Å²) in [5, 5.41) is 3.53. The minimum atomic E-state index is -3.46. The zero-order chi connectivity index (χ0) is 16.8. The fourth-order valence-electron chi connectivity index (χ4n) is 1.78. The second-order valence-corrected chi connectivity index (χ2v) is 8.31. The Morgan fingerprint density at radius 3 is 2.59 bits per heavy atom. The topological polar surface area (TPSA) is 79.4 Å². The Balaban J connectivity index is 2.57. The number of nitrogens with zero attached hydrogens (tertiary/aromatic N) is 2. The highest BCUT2D eigenvalue weighted by molar-refractivity contribution is 7.99. The van der Waals surface area contributed by atoms with Crippen LogP contribution < -0.4 is 5.32 Å². The summed E-state index contributed by atoms with van der Waals surface area (Å²) in [6.45, 7) is 4.05. The average Bonchev–Trinajstić information content (AvgIpc) is 2.45. The number of hydrogen-bond acceptors (Lipinski definition) is 5. The van der Waals surface area contributed by atoms with Crippen molar-refractivity contribution in [2.24, 2.45) is 0 Å². The molecule has 1 aromatic heterocycles. The first kappa shape index (κ1) is 18.9. The molecule has 0 saturated carbocycles. The summed E-state index contributed by atoms with van der Waals surface area (Å²) in [5.74, 6) is 0.221. The molecule has 0 bridgehead atoms. The van der Waals surface area contributed by atoms with Gasteiger partial charge in [-0.05, 0) is 25.5 Å². The van der Waals surface area contributed by atoms with Crippen molar-refractivity contribution in [1.82, 2.24) is 14.6 Å². The number of amides is 1. The first-order valence-corrected chi connectivity index (χ1v) is 9.50. The number of pyridine rings is 1. The SMILES string of the molecule is CCCC(C)NC(=O)CSc1ccc(S(=O)(=O)N(C)C)cn1. The molecule has 1 N–H and O–H groups in total. The second kappa shape index (κ2) is 8.50. The fourth-order valence-corrected chi connectivity index (χ4v) is 3.28. The van der Waals surface area contributed by atoms with E-state index in [9.17, 15) is 13.2 Å². The van der Waals surface area contributed by atoms with E-state index in [4.69, 9.17) is 0 Å². The zero-order valence-electron chi connectivity index (χ0n) is 13.4. The number of carbonyl (C=O) groups is 1. The van der Waals surface area contributed by atoms with Gasteiger partial charge in [0.1, 0.15) is 4.90 Å². The van der Waals surface area contributed by atoms with Crippen molar-refractivity contribution < 1.29 is 13.2 Å². The lowest BCUT2D eigenvalue weighted by molar-refractivity contribution is -0.119. The van der Waals surface area contributed by atoms with Gasteiger partial charge in [0.05, 0.1) is 10.8 Å². The maximum atomic E-state index is 11.9. The third-order valence-electron chi connectivity index (χ3n) is 2.97. The van der Waals surface area contributed by atoms with E-state index >= 15 is 0 Å². The molecule has 0 saturated heterocycles. The molecule has 0 aliphatic rings. The fraction of sp³-hybridized carbons (Fsp3) is 0.571. The minimum Gasteiger partial charge on any atom is -0.353 e. The van der Waals surface area contributed by atoms with Gasteiger partial charge >= 0.3 is 0 Å². The molecule has 0 spiro atoms. The summed E-state index contributed by atoms with van der Waals surface area (Å²) >= 11 is 1.28. The summed E-state index contributed by atoms with van der Waals surface area (Å²) in [6.07, 6.45) is 3.29. The van der Waals surface area contributed by atoms with Gasteiger partial charge in [-0.25, -0.2) is 17.7 Å². The van der Waals surface area contributed by atoms with Gasteiger partial charge in [-0.1, -0.05) is 25.1 Å². The van der Waals surface area contributed by atoms with Gasteiger partial charge in [0.25, 0.3) is 0 Å². The quantitative estimate of drug-likeness (QED) is 0.726. The van der Waals surface area contributed by atoms with E-state index < -0.39 is 10.0 Å². The molecule has 1 rings (SSSR count). The highest BCUT2D eigenvalue weighted by atomic mass is 32.2. The predicted molar refractivity (Wildman–Crippen MR) is 88.3 cm³/mol. The molecule has 0 radical (unpaired) electrons. The molecule has 1 heterocycles. The molecular formula is C14H23N3O3S2. The standard InChI is InChI=1S/C14H23N3O3S2/c1-5-6-11(2)16-13(18)10-21-14-8-7-12(9-15-14)22(19,20)17(3)4/h7-9,11H,5-6,10H2,1-4H3,(H,16,18). The Morgan fingerprint density at radius 1 is 1.41 bits per heavy atom. The number of rotatable bonds is 8. The van der Waals surface area contributed by atoms with Crippen molar-refractivity contribution in [3.63, 3.8) is 0 Å². The smallest absolute Gasteiger partial charge is 0.244 e. The van der Waals surface area contributed by atoms with Gasteiger partial charge in [0, 0.05) is 26.3 Å². The number of hydrogen-bond donors (Lipinski definition) is 1. The molecule has 0 aliphatic heterocycles. The van der Waals surface area contributed by atoms with Crippen molar-refractivity contribution in [3.8, 4) is 0 Å². The monoisotopic (exact) mass is 345 g/mol. The van der Waals surface area contributed by atoms with Crippen LogP contribution in [-0.2, 0) is 14.8 Å². The van der Waals surface area contributed by atoms with Crippen molar-refractivity contribution in [2.75, 3.05) is 19.8 Å². The minimum absolute atomic E-state index is 0.0438. The van der Waals surface area contributed by atoms with E-state index in [0.29, 0.717) is 5.03 Å². The van der Waals surface area contributed by atoms with E-state index in [1.807, 2.05) is 6.92 Å². The number of nitrogens with one attached hydrogen (secondary N) is 1. The third kappa shape index (κ3) is 5.58. The van der Waals surface area contributed by atoms with Crippen molar-refractivity contribution in [3.05, 3.63) is 18.3 Å². The highest BCUT2D eigenvalue weighted by Crippen LogP contribution is 2.18. The van der Waals surface area contributed by atoms with Gasteiger partial charge in [-0.2, -0.15) is 0 Å². The number of carbonyl (C=O) groups excluding carboxylic acids is 1. The molecular weight excluding hydrogens is 322 g/mol. The summed E-state index contributed by atoms with van der Waals surface area (Å²) in [4.78, 5) is 16.0. The summed E-state index contributed by atoms with van der Waals surface area (Å²) in [5.41, 5.74) is 0. The summed E-state index contributed by atoms with van der Waals surface area (Å²) in [6, 6.07) is 3.28. The largest absolute Gasteiger partial charge is 0.353 e. The molecule has 124 valence electrons. The molecule has 0 aliphatic carbocycles. The Hall–Kier alpha value is -1.12. The van der Waals surface area contributed by atoms with Crippen LogP contribution in [0.2, 0.25) is 0 Å². The van der Waals surface area contributed by atoms with Crippen LogP contribution in [0.5, 0.6) is 0 Å². The van der Waals surface area contributed by atoms with Gasteiger partial charge in [-0.15, -0.1) is 0 Å². The molecule has 8 heteroatoms. The van der Waals surface area contributed by atoms with Crippen LogP contribution in [0.15, 0.2) is 28.3 Å². The maximum absolute atomic E-state index is 11.9. The number of aromatic nitrogens is 1. The lowest BCUT2D eigenvalue weighted by Gasteiger charge is -2.12. The highest BCUT2D eigenvalue weighted by Gasteiger charge is 2.17. The summed E-state index contributed by atoms with van der Waals surface area (Å²) in [7, 11) is -0.521. The van der Waals surface area contributed by atoms with E-state index in [1.165, 1.54) is 38.1 Å². The van der Waals surface area contributed by atoms with Crippen LogP contribution in [0.25, 0.3) is 0 Å². The first-order valence-electron chi connectivity index (χ1n) is 7.08. The molecule has 1 amide bonds. The Morgan fingerprint density at radius 2 is 2.09 bits per heavy atom. The lowest BCUT2D eigenvalue weighted by Crippen LogP contribution is -2.33. The van der Waals surface area contributed by atoms with Crippen LogP contribution in [0, 0.1) is 0 Å². The van der Waals surface area contributed by atoms with E-state index in [-0.39, 0.29) is 22.6 Å². The van der Waals surface area contributed by atoms with Gasteiger partial charge < -0.3 is 5.32 Å². The Labute approximate surface area is 136 Å². The molecule has 1 unspecified atom stereocenters. The van der Waals surface area contributed by atoms with E-state index in [2.05, 4.69) is 17.2 Å². The molecule has 1 aromatic rings. The van der Waals surface area contributed by atoms with Gasteiger partial charge in [0.2, 0.25) is 15.9 Å². The normalized spacial score (nSPS) is 13.1. The zero-order valence-corrected chi connectivity index (χ0v) is 15.0. The van der Waals surface area contributed by atoms with E-state index in [1.54, 1.807) is 6.07 Å². The van der Waals surface area contributed by atoms with Crippen molar-refractivity contribution >= 4 is 27.7 Å². The Bertz CT molecular complexity index is 586. The molecule has 1 atom stereocenters. The van der Waals surface area contributed by atoms with Crippen molar-refractivity contribution in [2.45, 2.75) is 42.7 Å². The van der Waals surface area contributed by atoms with Crippen LogP contribution >= 0.6 is 11.8 Å². The maximum Gasteiger partial charge on any atom is 0.244 e. The average molecular weight is 345 g/mol.